The predicted molar refractivity (Wildman–Crippen MR) is 55.0 cm³/mol. The molecule has 15 heavy (non-hydrogen) atoms. The van der Waals surface area contributed by atoms with Crippen molar-refractivity contribution in [2.75, 3.05) is 0 Å². The van der Waals surface area contributed by atoms with E-state index < -0.39 is 6.36 Å². The Bertz CT molecular complexity index is 302. The lowest BCUT2D eigenvalue weighted by atomic mass is 9.88. The van der Waals surface area contributed by atoms with Crippen LogP contribution in [0.1, 0.15) is 39.0 Å². The van der Waals surface area contributed by atoms with Gasteiger partial charge in [-0.2, -0.15) is 0 Å². The van der Waals surface area contributed by atoms with Crippen LogP contribution in [0, 0.1) is 5.41 Å². The summed E-state index contributed by atoms with van der Waals surface area (Å²) < 4.78 is 22.2. The van der Waals surface area contributed by atoms with Gasteiger partial charge in [-0.1, -0.05) is 25.9 Å². The van der Waals surface area contributed by atoms with Gasteiger partial charge in [0.05, 0.1) is 6.61 Å². The number of hydrogen-bond donors (Lipinski definition) is 0. The van der Waals surface area contributed by atoms with Crippen LogP contribution in [0.5, 0.6) is 0 Å². The van der Waals surface area contributed by atoms with Crippen molar-refractivity contribution in [1.82, 2.24) is 5.16 Å². The lowest BCUT2D eigenvalue weighted by Crippen LogP contribution is -2.11. The van der Waals surface area contributed by atoms with E-state index in [1.807, 2.05) is 0 Å². The topological polar surface area (TPSA) is 35.3 Å². The van der Waals surface area contributed by atoms with Gasteiger partial charge in [0.25, 0.3) is 0 Å². The first-order chi connectivity index (χ1) is 6.88. The summed E-state index contributed by atoms with van der Waals surface area (Å²) in [6, 6.07) is 0. The zero-order valence-electron chi connectivity index (χ0n) is 9.71. The number of alkyl halides is 1. The molecule has 1 rings (SSSR count). The van der Waals surface area contributed by atoms with Gasteiger partial charge in [0.1, 0.15) is 12.0 Å². The predicted octanol–water partition coefficient (Wildman–Crippen LogP) is 3.10. The van der Waals surface area contributed by atoms with E-state index in [4.69, 9.17) is 9.26 Å². The molecule has 3 nitrogen and oxygen atoms in total. The molecule has 0 spiro atoms. The first-order valence-corrected chi connectivity index (χ1v) is 5.06. The van der Waals surface area contributed by atoms with Crippen molar-refractivity contribution in [2.24, 2.45) is 5.41 Å². The molecule has 1 aromatic rings. The fourth-order valence-electron chi connectivity index (χ4n) is 1.31. The standard InChI is InChI=1S/C11H18FNO2/c1-8(12)14-7-10-9(6-15-13-10)5-11(2,3)4/h6,8H,5,7H2,1-4H3. The van der Waals surface area contributed by atoms with E-state index in [1.165, 1.54) is 6.92 Å². The minimum atomic E-state index is -1.27. The van der Waals surface area contributed by atoms with Gasteiger partial charge in [-0.25, -0.2) is 4.39 Å². The summed E-state index contributed by atoms with van der Waals surface area (Å²) in [5, 5.41) is 3.81. The highest BCUT2D eigenvalue weighted by Crippen LogP contribution is 2.23. The van der Waals surface area contributed by atoms with E-state index in [-0.39, 0.29) is 12.0 Å². The van der Waals surface area contributed by atoms with E-state index in [1.54, 1.807) is 6.26 Å². The summed E-state index contributed by atoms with van der Waals surface area (Å²) in [4.78, 5) is 0. The molecule has 4 heteroatoms. The Kier molecular flexibility index (Phi) is 3.85. The smallest absolute Gasteiger partial charge is 0.196 e. The molecule has 0 amide bonds. The fraction of sp³-hybridized carbons (Fsp3) is 0.727. The van der Waals surface area contributed by atoms with Crippen LogP contribution in [0.3, 0.4) is 0 Å². The molecule has 1 unspecified atom stereocenters. The molecular formula is C11H18FNO2. The number of hydrogen-bond acceptors (Lipinski definition) is 3. The average Bonchev–Trinajstić information content (AvgIpc) is 2.45. The second-order valence-electron chi connectivity index (χ2n) is 4.88. The molecule has 0 aromatic carbocycles. The average molecular weight is 215 g/mol. The van der Waals surface area contributed by atoms with Crippen molar-refractivity contribution in [3.63, 3.8) is 0 Å². The summed E-state index contributed by atoms with van der Waals surface area (Å²) in [6.45, 7) is 7.90. The molecule has 86 valence electrons. The minimum absolute atomic E-state index is 0.154. The molecule has 0 saturated heterocycles. The van der Waals surface area contributed by atoms with Gasteiger partial charge in [0, 0.05) is 5.56 Å². The van der Waals surface area contributed by atoms with Crippen molar-refractivity contribution >= 4 is 0 Å². The normalized spacial score (nSPS) is 14.2. The number of nitrogens with zero attached hydrogens (tertiary/aromatic N) is 1. The van der Waals surface area contributed by atoms with Gasteiger partial charge in [-0.15, -0.1) is 0 Å². The van der Waals surface area contributed by atoms with Crippen molar-refractivity contribution in [3.05, 3.63) is 17.5 Å². The Balaban J connectivity index is 2.61. The van der Waals surface area contributed by atoms with Crippen molar-refractivity contribution in [3.8, 4) is 0 Å². The maximum absolute atomic E-state index is 12.5. The molecule has 0 N–H and O–H groups in total. The number of aromatic nitrogens is 1. The van der Waals surface area contributed by atoms with Crippen LogP contribution in [0.2, 0.25) is 0 Å². The zero-order valence-corrected chi connectivity index (χ0v) is 9.71. The molecule has 0 saturated carbocycles. The Morgan fingerprint density at radius 1 is 1.53 bits per heavy atom. The summed E-state index contributed by atoms with van der Waals surface area (Å²) in [7, 11) is 0. The first-order valence-electron chi connectivity index (χ1n) is 5.06. The Hall–Kier alpha value is -0.900. The van der Waals surface area contributed by atoms with Crippen LogP contribution in [0.4, 0.5) is 4.39 Å². The van der Waals surface area contributed by atoms with Gasteiger partial charge in [0.15, 0.2) is 6.36 Å². The minimum Gasteiger partial charge on any atom is -0.364 e. The second kappa shape index (κ2) is 4.75. The van der Waals surface area contributed by atoms with Crippen LogP contribution in [0.15, 0.2) is 10.8 Å². The molecule has 0 radical (unpaired) electrons. The Labute approximate surface area is 89.6 Å². The van der Waals surface area contributed by atoms with Crippen LogP contribution >= 0.6 is 0 Å². The first kappa shape index (κ1) is 12.2. The van der Waals surface area contributed by atoms with Crippen LogP contribution in [-0.4, -0.2) is 11.5 Å². The van der Waals surface area contributed by atoms with Crippen molar-refractivity contribution < 1.29 is 13.7 Å². The Morgan fingerprint density at radius 3 is 2.73 bits per heavy atom. The molecule has 1 atom stereocenters. The highest BCUT2D eigenvalue weighted by atomic mass is 19.1. The van der Waals surface area contributed by atoms with E-state index >= 15 is 0 Å². The van der Waals surface area contributed by atoms with Crippen LogP contribution in [0.25, 0.3) is 0 Å². The van der Waals surface area contributed by atoms with E-state index in [0.29, 0.717) is 5.69 Å². The summed E-state index contributed by atoms with van der Waals surface area (Å²) >= 11 is 0. The number of halogens is 1. The highest BCUT2D eigenvalue weighted by molar-refractivity contribution is 5.15. The molecule has 0 fully saturated rings. The third-order valence-electron chi connectivity index (χ3n) is 1.90. The zero-order chi connectivity index (χ0) is 11.5. The SMILES string of the molecule is CC(F)OCc1nocc1CC(C)(C)C. The van der Waals surface area contributed by atoms with E-state index in [0.717, 1.165) is 12.0 Å². The molecule has 0 aliphatic heterocycles. The number of rotatable bonds is 4. The fourth-order valence-corrected chi connectivity index (χ4v) is 1.31. The summed E-state index contributed by atoms with van der Waals surface area (Å²) in [5.41, 5.74) is 1.83. The third-order valence-corrected chi connectivity index (χ3v) is 1.90. The van der Waals surface area contributed by atoms with Crippen molar-refractivity contribution in [1.29, 1.82) is 0 Å². The quantitative estimate of drug-likeness (QED) is 0.774. The lowest BCUT2D eigenvalue weighted by Gasteiger charge is -2.17. The van der Waals surface area contributed by atoms with E-state index in [9.17, 15) is 4.39 Å². The van der Waals surface area contributed by atoms with Gasteiger partial charge < -0.3 is 9.26 Å². The van der Waals surface area contributed by atoms with Gasteiger partial charge >= 0.3 is 0 Å². The number of ether oxygens (including phenoxy) is 1. The molecule has 1 aromatic heterocycles. The maximum Gasteiger partial charge on any atom is 0.196 e. The third kappa shape index (κ3) is 4.42. The summed E-state index contributed by atoms with van der Waals surface area (Å²) in [6.07, 6.45) is 1.17. The molecule has 0 bridgehead atoms. The highest BCUT2D eigenvalue weighted by Gasteiger charge is 2.17. The monoisotopic (exact) mass is 215 g/mol. The second-order valence-corrected chi connectivity index (χ2v) is 4.88. The van der Waals surface area contributed by atoms with Gasteiger partial charge in [0.2, 0.25) is 0 Å². The molecular weight excluding hydrogens is 197 g/mol. The van der Waals surface area contributed by atoms with Crippen LogP contribution in [-0.2, 0) is 17.8 Å². The van der Waals surface area contributed by atoms with Crippen molar-refractivity contribution in [2.45, 2.75) is 47.1 Å². The van der Waals surface area contributed by atoms with Crippen LogP contribution < -0.4 is 0 Å². The van der Waals surface area contributed by atoms with Gasteiger partial charge in [-0.3, -0.25) is 0 Å². The van der Waals surface area contributed by atoms with Gasteiger partial charge in [-0.05, 0) is 18.8 Å². The Morgan fingerprint density at radius 2 is 2.20 bits per heavy atom. The largest absolute Gasteiger partial charge is 0.364 e. The molecule has 0 aliphatic carbocycles. The summed E-state index contributed by atoms with van der Waals surface area (Å²) in [5.74, 6) is 0. The molecule has 1 heterocycles. The lowest BCUT2D eigenvalue weighted by molar-refractivity contribution is -0.0372. The maximum atomic E-state index is 12.5. The van der Waals surface area contributed by atoms with E-state index in [2.05, 4.69) is 25.9 Å². The molecule has 0 aliphatic rings.